The normalized spacial score (nSPS) is 11.6. The van der Waals surface area contributed by atoms with Crippen molar-refractivity contribution >= 4 is 26.6 Å². The largest absolute Gasteiger partial charge is 0.365 e. The number of benzene rings is 2. The number of anilines is 1. The Labute approximate surface area is 163 Å². The number of nitrogens with zero attached hydrogens (tertiary/aromatic N) is 4. The van der Waals surface area contributed by atoms with Gasteiger partial charge >= 0.3 is 0 Å². The van der Waals surface area contributed by atoms with Crippen molar-refractivity contribution in [3.63, 3.8) is 0 Å². The molecule has 2 aromatic heterocycles. The van der Waals surface area contributed by atoms with E-state index in [2.05, 4.69) is 32.5 Å². The van der Waals surface area contributed by atoms with E-state index in [-0.39, 0.29) is 4.90 Å². The predicted octanol–water partition coefficient (Wildman–Crippen LogP) is 2.89. The van der Waals surface area contributed by atoms with E-state index in [9.17, 15) is 8.42 Å². The highest BCUT2D eigenvalue weighted by atomic mass is 32.2. The summed E-state index contributed by atoms with van der Waals surface area (Å²) < 4.78 is 25.6. The molecule has 1 N–H and O–H groups in total. The van der Waals surface area contributed by atoms with Crippen LogP contribution < -0.4 is 5.32 Å². The van der Waals surface area contributed by atoms with E-state index >= 15 is 0 Å². The molecule has 0 saturated carbocycles. The monoisotopic (exact) mass is 393 g/mol. The minimum Gasteiger partial charge on any atom is -0.365 e. The van der Waals surface area contributed by atoms with Crippen molar-refractivity contribution in [2.45, 2.75) is 18.0 Å². The highest BCUT2D eigenvalue weighted by Gasteiger charge is 2.11. The molecule has 2 heterocycles. The molecule has 0 bridgehead atoms. The van der Waals surface area contributed by atoms with Gasteiger partial charge in [0.2, 0.25) is 0 Å². The molecular weight excluding hydrogens is 374 g/mol. The average molecular weight is 393 g/mol. The second kappa shape index (κ2) is 7.40. The third-order valence-electron chi connectivity index (χ3n) is 4.39. The van der Waals surface area contributed by atoms with E-state index in [1.54, 1.807) is 24.4 Å². The molecule has 0 saturated heterocycles. The minimum atomic E-state index is -3.30. The van der Waals surface area contributed by atoms with Gasteiger partial charge < -0.3 is 5.32 Å². The fraction of sp³-hybridized carbons (Fsp3) is 0.150. The first-order valence-corrected chi connectivity index (χ1v) is 10.6. The summed E-state index contributed by atoms with van der Waals surface area (Å²) in [5, 5.41) is 8.21. The Morgan fingerprint density at radius 2 is 1.89 bits per heavy atom. The maximum atomic E-state index is 11.9. The smallest absolute Gasteiger partial charge is 0.175 e. The van der Waals surface area contributed by atoms with Crippen molar-refractivity contribution in [3.05, 3.63) is 78.4 Å². The Morgan fingerprint density at radius 3 is 2.68 bits per heavy atom. The number of fused-ring (bicyclic) bond motifs is 1. The van der Waals surface area contributed by atoms with Crippen LogP contribution in [0.5, 0.6) is 0 Å². The van der Waals surface area contributed by atoms with Crippen molar-refractivity contribution < 1.29 is 8.42 Å². The number of sulfone groups is 1. The van der Waals surface area contributed by atoms with Gasteiger partial charge in [0, 0.05) is 30.6 Å². The zero-order chi connectivity index (χ0) is 19.6. The van der Waals surface area contributed by atoms with Crippen LogP contribution in [0.4, 0.5) is 5.82 Å². The number of nitrogens with one attached hydrogen (secondary N) is 1. The molecule has 142 valence electrons. The molecule has 0 amide bonds. The van der Waals surface area contributed by atoms with E-state index in [0.717, 1.165) is 11.1 Å². The van der Waals surface area contributed by atoms with Gasteiger partial charge in [-0.05, 0) is 35.4 Å². The molecule has 0 aliphatic rings. The van der Waals surface area contributed by atoms with Crippen LogP contribution in [0.15, 0.2) is 72.1 Å². The standard InChI is InChI=1S/C20H19N5O2S/c1-28(26,27)17-6-7-19-18(11-17)20(23-14-22-19)21-12-15-4-2-5-16(10-15)13-25-9-3-8-24-25/h2-11,14H,12-13H2,1H3,(H,21,22,23). The fourth-order valence-corrected chi connectivity index (χ4v) is 3.66. The molecule has 28 heavy (non-hydrogen) atoms. The Hall–Kier alpha value is -3.26. The van der Waals surface area contributed by atoms with E-state index < -0.39 is 9.84 Å². The van der Waals surface area contributed by atoms with Gasteiger partial charge in [-0.1, -0.05) is 24.3 Å². The molecule has 7 nitrogen and oxygen atoms in total. The SMILES string of the molecule is CS(=O)(=O)c1ccc2ncnc(NCc3cccc(Cn4cccn4)c3)c2c1. The van der Waals surface area contributed by atoms with Crippen LogP contribution in [-0.4, -0.2) is 34.4 Å². The molecule has 0 unspecified atom stereocenters. The fourth-order valence-electron chi connectivity index (χ4n) is 3.01. The highest BCUT2D eigenvalue weighted by Crippen LogP contribution is 2.23. The second-order valence-corrected chi connectivity index (χ2v) is 8.57. The van der Waals surface area contributed by atoms with E-state index in [0.29, 0.717) is 29.8 Å². The lowest BCUT2D eigenvalue weighted by atomic mass is 10.1. The molecule has 0 spiro atoms. The maximum Gasteiger partial charge on any atom is 0.175 e. The highest BCUT2D eigenvalue weighted by molar-refractivity contribution is 7.90. The summed E-state index contributed by atoms with van der Waals surface area (Å²) in [4.78, 5) is 8.77. The first kappa shape index (κ1) is 18.1. The molecule has 4 aromatic rings. The molecule has 0 aliphatic carbocycles. The molecule has 8 heteroatoms. The first-order chi connectivity index (χ1) is 13.5. The lowest BCUT2D eigenvalue weighted by molar-refractivity contribution is 0.602. The topological polar surface area (TPSA) is 89.8 Å². The third kappa shape index (κ3) is 4.01. The third-order valence-corrected chi connectivity index (χ3v) is 5.50. The van der Waals surface area contributed by atoms with Crippen molar-refractivity contribution in [1.29, 1.82) is 0 Å². The van der Waals surface area contributed by atoms with Crippen LogP contribution in [0.25, 0.3) is 10.9 Å². The van der Waals surface area contributed by atoms with Crippen LogP contribution >= 0.6 is 0 Å². The van der Waals surface area contributed by atoms with E-state index in [4.69, 9.17) is 0 Å². The van der Waals surface area contributed by atoms with Crippen molar-refractivity contribution in [2.75, 3.05) is 11.6 Å². The van der Waals surface area contributed by atoms with Crippen molar-refractivity contribution in [2.24, 2.45) is 0 Å². The average Bonchev–Trinajstić information content (AvgIpc) is 3.18. The molecular formula is C20H19N5O2S. The molecule has 0 fully saturated rings. The summed E-state index contributed by atoms with van der Waals surface area (Å²) in [5.41, 5.74) is 2.93. The van der Waals surface area contributed by atoms with E-state index in [1.165, 1.54) is 12.6 Å². The lowest BCUT2D eigenvalue weighted by Crippen LogP contribution is -2.05. The number of rotatable bonds is 6. The lowest BCUT2D eigenvalue weighted by Gasteiger charge is -2.10. The Kier molecular flexibility index (Phi) is 4.79. The van der Waals surface area contributed by atoms with Crippen LogP contribution in [-0.2, 0) is 22.9 Å². The van der Waals surface area contributed by atoms with Crippen molar-refractivity contribution in [1.82, 2.24) is 19.7 Å². The number of hydrogen-bond acceptors (Lipinski definition) is 6. The zero-order valence-corrected chi connectivity index (χ0v) is 16.1. The van der Waals surface area contributed by atoms with Gasteiger partial charge in [0.15, 0.2) is 9.84 Å². The number of hydrogen-bond donors (Lipinski definition) is 1. The Bertz CT molecular complexity index is 1220. The summed E-state index contributed by atoms with van der Waals surface area (Å²) in [7, 11) is -3.30. The predicted molar refractivity (Wildman–Crippen MR) is 108 cm³/mol. The summed E-state index contributed by atoms with van der Waals surface area (Å²) >= 11 is 0. The van der Waals surface area contributed by atoms with Crippen LogP contribution in [0.1, 0.15) is 11.1 Å². The first-order valence-electron chi connectivity index (χ1n) is 8.73. The molecule has 0 atom stereocenters. The molecule has 2 aromatic carbocycles. The van der Waals surface area contributed by atoms with Gasteiger partial charge in [-0.3, -0.25) is 4.68 Å². The maximum absolute atomic E-state index is 11.9. The van der Waals surface area contributed by atoms with Crippen LogP contribution in [0.2, 0.25) is 0 Å². The minimum absolute atomic E-state index is 0.249. The van der Waals surface area contributed by atoms with Crippen LogP contribution in [0, 0.1) is 0 Å². The summed E-state index contributed by atoms with van der Waals surface area (Å²) in [6.07, 6.45) is 6.35. The van der Waals surface area contributed by atoms with Gasteiger partial charge in [0.1, 0.15) is 12.1 Å². The van der Waals surface area contributed by atoms with Crippen molar-refractivity contribution in [3.8, 4) is 0 Å². The van der Waals surface area contributed by atoms with Gasteiger partial charge in [-0.2, -0.15) is 5.10 Å². The summed E-state index contributed by atoms with van der Waals surface area (Å²) in [5.74, 6) is 0.605. The Morgan fingerprint density at radius 1 is 1.04 bits per heavy atom. The molecule has 0 aliphatic heterocycles. The number of aromatic nitrogens is 4. The van der Waals surface area contributed by atoms with Crippen LogP contribution in [0.3, 0.4) is 0 Å². The van der Waals surface area contributed by atoms with Gasteiger partial charge in [0.05, 0.1) is 17.0 Å². The quantitative estimate of drug-likeness (QED) is 0.542. The Balaban J connectivity index is 1.57. The van der Waals surface area contributed by atoms with Gasteiger partial charge in [0.25, 0.3) is 0 Å². The van der Waals surface area contributed by atoms with Gasteiger partial charge in [-0.25, -0.2) is 18.4 Å². The van der Waals surface area contributed by atoms with E-state index in [1.807, 2.05) is 29.1 Å². The molecule has 0 radical (unpaired) electrons. The second-order valence-electron chi connectivity index (χ2n) is 6.55. The van der Waals surface area contributed by atoms with Gasteiger partial charge in [-0.15, -0.1) is 0 Å². The summed E-state index contributed by atoms with van der Waals surface area (Å²) in [6.45, 7) is 1.26. The molecule has 4 rings (SSSR count). The summed E-state index contributed by atoms with van der Waals surface area (Å²) in [6, 6.07) is 15.0. The zero-order valence-electron chi connectivity index (χ0n) is 15.3.